The normalized spacial score (nSPS) is 13.2. The first-order valence-corrected chi connectivity index (χ1v) is 5.79. The van der Waals surface area contributed by atoms with Crippen molar-refractivity contribution < 1.29 is 9.84 Å². The molecule has 0 radical (unpaired) electrons. The van der Waals surface area contributed by atoms with Gasteiger partial charge in [0.25, 0.3) is 0 Å². The molecule has 0 bridgehead atoms. The Morgan fingerprint density at radius 1 is 1.12 bits per heavy atom. The molecule has 0 aliphatic rings. The summed E-state index contributed by atoms with van der Waals surface area (Å²) in [5, 5.41) is 10.1. The third-order valence-electron chi connectivity index (χ3n) is 2.66. The van der Waals surface area contributed by atoms with Crippen molar-refractivity contribution in [1.82, 2.24) is 0 Å². The molecule has 1 aromatic rings. The first-order chi connectivity index (χ1) is 7.41. The Morgan fingerprint density at radius 2 is 1.62 bits per heavy atom. The van der Waals surface area contributed by atoms with Crippen LogP contribution in [-0.2, 0) is 4.74 Å². The fourth-order valence-corrected chi connectivity index (χ4v) is 2.08. The van der Waals surface area contributed by atoms with Gasteiger partial charge in [-0.3, -0.25) is 0 Å². The van der Waals surface area contributed by atoms with Crippen molar-refractivity contribution in [1.29, 1.82) is 0 Å². The maximum Gasteiger partial charge on any atom is 0.103 e. The zero-order valence-electron chi connectivity index (χ0n) is 10.9. The minimum atomic E-state index is -0.525. The van der Waals surface area contributed by atoms with Crippen LogP contribution >= 0.6 is 0 Å². The van der Waals surface area contributed by atoms with E-state index >= 15 is 0 Å². The van der Waals surface area contributed by atoms with Crippen LogP contribution in [0.1, 0.15) is 42.2 Å². The fraction of sp³-hybridized carbons (Fsp3) is 0.571. The van der Waals surface area contributed by atoms with Crippen molar-refractivity contribution in [3.63, 3.8) is 0 Å². The van der Waals surface area contributed by atoms with Crippen LogP contribution in [0.5, 0.6) is 0 Å². The van der Waals surface area contributed by atoms with Gasteiger partial charge < -0.3 is 9.84 Å². The van der Waals surface area contributed by atoms with Crippen LogP contribution in [0.25, 0.3) is 0 Å². The predicted octanol–water partition coefficient (Wildman–Crippen LogP) is 3.07. The highest BCUT2D eigenvalue weighted by Gasteiger charge is 2.14. The summed E-state index contributed by atoms with van der Waals surface area (Å²) >= 11 is 0. The second-order valence-corrected chi connectivity index (χ2v) is 4.71. The summed E-state index contributed by atoms with van der Waals surface area (Å²) in [5.41, 5.74) is 4.51. The Labute approximate surface area is 98.3 Å². The van der Waals surface area contributed by atoms with Gasteiger partial charge in [-0.15, -0.1) is 0 Å². The lowest BCUT2D eigenvalue weighted by Gasteiger charge is -2.18. The van der Waals surface area contributed by atoms with Crippen molar-refractivity contribution in [3.8, 4) is 0 Å². The van der Waals surface area contributed by atoms with Crippen molar-refractivity contribution in [2.45, 2.75) is 46.8 Å². The molecule has 0 amide bonds. The van der Waals surface area contributed by atoms with Gasteiger partial charge >= 0.3 is 0 Å². The molecule has 0 saturated carbocycles. The molecule has 1 unspecified atom stereocenters. The Balaban J connectivity index is 2.86. The summed E-state index contributed by atoms with van der Waals surface area (Å²) in [4.78, 5) is 0. The number of ether oxygens (including phenoxy) is 1. The number of aliphatic hydroxyl groups is 1. The molecule has 0 aliphatic heterocycles. The van der Waals surface area contributed by atoms with Gasteiger partial charge in [-0.1, -0.05) is 17.7 Å². The topological polar surface area (TPSA) is 29.5 Å². The third kappa shape index (κ3) is 3.32. The van der Waals surface area contributed by atoms with Crippen LogP contribution < -0.4 is 0 Å². The summed E-state index contributed by atoms with van der Waals surface area (Å²) in [6.45, 7) is 10.5. The smallest absolute Gasteiger partial charge is 0.103 e. The van der Waals surface area contributed by atoms with Gasteiger partial charge in [-0.05, 0) is 51.3 Å². The number of hydrogen-bond acceptors (Lipinski definition) is 2. The maximum absolute atomic E-state index is 10.1. The number of hydrogen-bond donors (Lipinski definition) is 1. The molecule has 1 aromatic carbocycles. The van der Waals surface area contributed by atoms with Crippen molar-refractivity contribution in [2.75, 3.05) is 6.61 Å². The van der Waals surface area contributed by atoms with Gasteiger partial charge in [0.15, 0.2) is 0 Å². The molecule has 1 N–H and O–H groups in total. The van der Waals surface area contributed by atoms with Crippen molar-refractivity contribution >= 4 is 0 Å². The van der Waals surface area contributed by atoms with Crippen LogP contribution in [0.4, 0.5) is 0 Å². The molecule has 0 aromatic heterocycles. The fourth-order valence-electron chi connectivity index (χ4n) is 2.08. The zero-order valence-corrected chi connectivity index (χ0v) is 10.9. The zero-order chi connectivity index (χ0) is 12.3. The van der Waals surface area contributed by atoms with Crippen LogP contribution in [0.2, 0.25) is 0 Å². The molecule has 16 heavy (non-hydrogen) atoms. The predicted molar refractivity (Wildman–Crippen MR) is 66.7 cm³/mol. The molecule has 0 saturated heterocycles. The molecule has 0 heterocycles. The SMILES string of the molecule is Cc1cc(C)c(C(O)COC(C)C)c(C)c1. The lowest BCUT2D eigenvalue weighted by molar-refractivity contribution is 0.00445. The Morgan fingerprint density at radius 3 is 2.06 bits per heavy atom. The monoisotopic (exact) mass is 222 g/mol. The number of rotatable bonds is 4. The Bertz CT molecular complexity index is 333. The van der Waals surface area contributed by atoms with E-state index in [-0.39, 0.29) is 6.10 Å². The number of aryl methyl sites for hydroxylation is 3. The van der Waals surface area contributed by atoms with Crippen LogP contribution in [-0.4, -0.2) is 17.8 Å². The number of benzene rings is 1. The van der Waals surface area contributed by atoms with Gasteiger partial charge in [0, 0.05) is 0 Å². The van der Waals surface area contributed by atoms with Gasteiger partial charge in [-0.2, -0.15) is 0 Å². The average Bonchev–Trinajstić information content (AvgIpc) is 2.12. The van der Waals surface area contributed by atoms with Crippen molar-refractivity contribution in [3.05, 3.63) is 34.4 Å². The summed E-state index contributed by atoms with van der Waals surface area (Å²) in [6.07, 6.45) is -0.372. The quantitative estimate of drug-likeness (QED) is 0.848. The molecule has 2 nitrogen and oxygen atoms in total. The van der Waals surface area contributed by atoms with E-state index in [2.05, 4.69) is 19.1 Å². The summed E-state index contributed by atoms with van der Waals surface area (Å²) in [7, 11) is 0. The number of aliphatic hydroxyl groups excluding tert-OH is 1. The average molecular weight is 222 g/mol. The highest BCUT2D eigenvalue weighted by molar-refractivity contribution is 5.38. The van der Waals surface area contributed by atoms with E-state index in [4.69, 9.17) is 4.74 Å². The second-order valence-electron chi connectivity index (χ2n) is 4.71. The van der Waals surface area contributed by atoms with E-state index in [9.17, 15) is 5.11 Å². The molecule has 90 valence electrons. The van der Waals surface area contributed by atoms with Gasteiger partial charge in [-0.25, -0.2) is 0 Å². The summed E-state index contributed by atoms with van der Waals surface area (Å²) in [5.74, 6) is 0. The molecular weight excluding hydrogens is 200 g/mol. The maximum atomic E-state index is 10.1. The highest BCUT2D eigenvalue weighted by Crippen LogP contribution is 2.23. The lowest BCUT2D eigenvalue weighted by atomic mass is 9.96. The van der Waals surface area contributed by atoms with Crippen LogP contribution in [0, 0.1) is 20.8 Å². The van der Waals surface area contributed by atoms with E-state index in [0.29, 0.717) is 6.61 Å². The molecule has 2 heteroatoms. The van der Waals surface area contributed by atoms with E-state index in [1.165, 1.54) is 5.56 Å². The van der Waals surface area contributed by atoms with E-state index in [0.717, 1.165) is 16.7 Å². The molecule has 1 atom stereocenters. The lowest BCUT2D eigenvalue weighted by Crippen LogP contribution is -2.14. The molecule has 1 rings (SSSR count). The standard InChI is InChI=1S/C14H22O2/c1-9(2)16-8-13(15)14-11(4)6-10(3)7-12(14)5/h6-7,9,13,15H,8H2,1-5H3. The van der Waals surface area contributed by atoms with E-state index in [1.54, 1.807) is 0 Å². The van der Waals surface area contributed by atoms with Gasteiger partial charge in [0.05, 0.1) is 12.7 Å². The summed E-state index contributed by atoms with van der Waals surface area (Å²) < 4.78 is 5.45. The molecule has 0 aliphatic carbocycles. The Kier molecular flexibility index (Phi) is 4.51. The van der Waals surface area contributed by atoms with Crippen LogP contribution in [0.15, 0.2) is 12.1 Å². The van der Waals surface area contributed by atoms with Crippen molar-refractivity contribution in [2.24, 2.45) is 0 Å². The largest absolute Gasteiger partial charge is 0.386 e. The minimum Gasteiger partial charge on any atom is -0.386 e. The van der Waals surface area contributed by atoms with Crippen LogP contribution in [0.3, 0.4) is 0 Å². The molecule has 0 spiro atoms. The van der Waals surface area contributed by atoms with Gasteiger partial charge in [0.1, 0.15) is 6.10 Å². The van der Waals surface area contributed by atoms with E-state index < -0.39 is 6.10 Å². The first kappa shape index (κ1) is 13.2. The highest BCUT2D eigenvalue weighted by atomic mass is 16.5. The molecular formula is C14H22O2. The first-order valence-electron chi connectivity index (χ1n) is 5.79. The molecule has 0 fully saturated rings. The third-order valence-corrected chi connectivity index (χ3v) is 2.66. The van der Waals surface area contributed by atoms with E-state index in [1.807, 2.05) is 27.7 Å². The second kappa shape index (κ2) is 5.46. The Hall–Kier alpha value is -0.860. The minimum absolute atomic E-state index is 0.153. The van der Waals surface area contributed by atoms with Gasteiger partial charge in [0.2, 0.25) is 0 Å². The summed E-state index contributed by atoms with van der Waals surface area (Å²) in [6, 6.07) is 4.20.